The zero-order valence-corrected chi connectivity index (χ0v) is 20.8. The molecule has 0 atom stereocenters. The number of hydrazone groups is 1. The molecule has 35 heavy (non-hydrogen) atoms. The fraction of sp³-hybridized carbons (Fsp3) is 0.214. The minimum Gasteiger partial charge on any atom is -0.496 e. The van der Waals surface area contributed by atoms with Gasteiger partial charge in [-0.25, -0.2) is 5.43 Å². The predicted molar refractivity (Wildman–Crippen MR) is 141 cm³/mol. The smallest absolute Gasteiger partial charge is 0.240 e. The predicted octanol–water partition coefficient (Wildman–Crippen LogP) is 6.11. The van der Waals surface area contributed by atoms with Crippen molar-refractivity contribution < 1.29 is 14.3 Å². The zero-order valence-electron chi connectivity index (χ0n) is 20.0. The summed E-state index contributed by atoms with van der Waals surface area (Å²) in [5.41, 5.74) is 8.42. The van der Waals surface area contributed by atoms with Crippen LogP contribution < -0.4 is 14.9 Å². The van der Waals surface area contributed by atoms with Crippen LogP contribution in [0.3, 0.4) is 0 Å². The molecule has 0 aliphatic carbocycles. The molecule has 0 saturated carbocycles. The van der Waals surface area contributed by atoms with Gasteiger partial charge >= 0.3 is 0 Å². The minimum absolute atomic E-state index is 0.142. The van der Waals surface area contributed by atoms with E-state index in [1.54, 1.807) is 13.3 Å². The number of para-hydroxylation sites is 1. The number of halogens is 1. The Morgan fingerprint density at radius 2 is 1.86 bits per heavy atom. The van der Waals surface area contributed by atoms with Crippen LogP contribution in [0.5, 0.6) is 11.5 Å². The second-order valence-corrected chi connectivity index (χ2v) is 8.76. The van der Waals surface area contributed by atoms with Crippen molar-refractivity contribution in [1.29, 1.82) is 0 Å². The van der Waals surface area contributed by atoms with Crippen LogP contribution in [0.4, 0.5) is 0 Å². The Morgan fingerprint density at radius 3 is 2.63 bits per heavy atom. The molecule has 0 bridgehead atoms. The quantitative estimate of drug-likeness (QED) is 0.220. The molecule has 0 unspecified atom stereocenters. The Hall–Kier alpha value is -3.77. The maximum absolute atomic E-state index is 12.3. The molecule has 1 aromatic heterocycles. The standard InChI is InChI=1S/C28H28ClN3O3/c1-18-12-23(13-19(2)28(18)29)35-17-22-14-20(8-10-26(22)34-3)15-31-32-27(33)11-9-21-16-30-25-7-5-4-6-24(21)25/h4-8,10,12-16,30H,9,11,17H2,1-3H3,(H,32,33)/b31-15-. The number of H-pyrrole nitrogens is 1. The van der Waals surface area contributed by atoms with Crippen molar-refractivity contribution in [2.24, 2.45) is 5.10 Å². The molecule has 0 spiro atoms. The Morgan fingerprint density at radius 1 is 1.09 bits per heavy atom. The number of carbonyl (C=O) groups excluding carboxylic acids is 1. The van der Waals surface area contributed by atoms with Gasteiger partial charge in [-0.3, -0.25) is 4.79 Å². The zero-order chi connectivity index (χ0) is 24.8. The number of fused-ring (bicyclic) bond motifs is 1. The number of aryl methyl sites for hydroxylation is 3. The summed E-state index contributed by atoms with van der Waals surface area (Å²) in [4.78, 5) is 15.5. The van der Waals surface area contributed by atoms with Gasteiger partial charge in [0.25, 0.3) is 0 Å². The molecule has 3 aromatic carbocycles. The van der Waals surface area contributed by atoms with E-state index in [0.29, 0.717) is 25.2 Å². The number of nitrogens with one attached hydrogen (secondary N) is 2. The first-order valence-electron chi connectivity index (χ1n) is 11.4. The topological polar surface area (TPSA) is 75.7 Å². The molecule has 1 heterocycles. The second kappa shape index (κ2) is 11.1. The van der Waals surface area contributed by atoms with E-state index in [-0.39, 0.29) is 5.91 Å². The van der Waals surface area contributed by atoms with Gasteiger partial charge in [0.2, 0.25) is 5.91 Å². The average Bonchev–Trinajstić information content (AvgIpc) is 3.28. The van der Waals surface area contributed by atoms with Crippen LogP contribution in [-0.4, -0.2) is 24.2 Å². The van der Waals surface area contributed by atoms with Crippen molar-refractivity contribution >= 4 is 34.6 Å². The third-order valence-electron chi connectivity index (χ3n) is 5.81. The van der Waals surface area contributed by atoms with E-state index < -0.39 is 0 Å². The lowest BCUT2D eigenvalue weighted by molar-refractivity contribution is -0.121. The fourth-order valence-corrected chi connectivity index (χ4v) is 4.07. The van der Waals surface area contributed by atoms with Crippen molar-refractivity contribution in [2.45, 2.75) is 33.3 Å². The van der Waals surface area contributed by atoms with Gasteiger partial charge in [0, 0.05) is 34.1 Å². The number of amides is 1. The average molecular weight is 490 g/mol. The molecule has 7 heteroatoms. The third kappa shape index (κ3) is 6.03. The fourth-order valence-electron chi connectivity index (χ4n) is 3.96. The Balaban J connectivity index is 1.35. The number of hydrogen-bond acceptors (Lipinski definition) is 4. The van der Waals surface area contributed by atoms with Gasteiger partial charge in [-0.05, 0) is 78.9 Å². The van der Waals surface area contributed by atoms with E-state index in [1.165, 1.54) is 0 Å². The van der Waals surface area contributed by atoms with Crippen molar-refractivity contribution in [3.63, 3.8) is 0 Å². The summed E-state index contributed by atoms with van der Waals surface area (Å²) in [6, 6.07) is 17.5. The minimum atomic E-state index is -0.142. The normalized spacial score (nSPS) is 11.2. The molecule has 1 amide bonds. The van der Waals surface area contributed by atoms with E-state index in [9.17, 15) is 4.79 Å². The second-order valence-electron chi connectivity index (χ2n) is 8.38. The third-order valence-corrected chi connectivity index (χ3v) is 6.40. The number of ether oxygens (including phenoxy) is 2. The number of hydrogen-bond donors (Lipinski definition) is 2. The van der Waals surface area contributed by atoms with Gasteiger partial charge in [-0.1, -0.05) is 29.8 Å². The number of carbonyl (C=O) groups is 1. The first-order chi connectivity index (χ1) is 16.9. The van der Waals surface area contributed by atoms with E-state index in [1.807, 2.05) is 68.6 Å². The molecule has 0 aliphatic heterocycles. The lowest BCUT2D eigenvalue weighted by atomic mass is 10.1. The number of nitrogens with zero attached hydrogens (tertiary/aromatic N) is 1. The van der Waals surface area contributed by atoms with Gasteiger partial charge in [-0.15, -0.1) is 0 Å². The van der Waals surface area contributed by atoms with Crippen LogP contribution in [0.1, 0.15) is 34.2 Å². The Kier molecular flexibility index (Phi) is 7.73. The van der Waals surface area contributed by atoms with Crippen LogP contribution in [0.25, 0.3) is 10.9 Å². The van der Waals surface area contributed by atoms with Gasteiger partial charge in [0.1, 0.15) is 18.1 Å². The maximum Gasteiger partial charge on any atom is 0.240 e. The molecule has 6 nitrogen and oxygen atoms in total. The van der Waals surface area contributed by atoms with Crippen molar-refractivity contribution in [3.05, 3.63) is 93.6 Å². The maximum atomic E-state index is 12.3. The van der Waals surface area contributed by atoms with Gasteiger partial charge < -0.3 is 14.5 Å². The molecule has 0 fully saturated rings. The molecule has 2 N–H and O–H groups in total. The molecule has 0 radical (unpaired) electrons. The van der Waals surface area contributed by atoms with Gasteiger partial charge in [-0.2, -0.15) is 5.10 Å². The highest BCUT2D eigenvalue weighted by atomic mass is 35.5. The molecule has 0 saturated heterocycles. The first kappa shape index (κ1) is 24.4. The molecule has 4 aromatic rings. The highest BCUT2D eigenvalue weighted by Gasteiger charge is 2.09. The van der Waals surface area contributed by atoms with Crippen LogP contribution >= 0.6 is 11.6 Å². The SMILES string of the molecule is COc1ccc(/C=N\NC(=O)CCc2c[nH]c3ccccc23)cc1COc1cc(C)c(Cl)c(C)c1. The Labute approximate surface area is 209 Å². The van der Waals surface area contributed by atoms with E-state index in [2.05, 4.69) is 21.6 Å². The summed E-state index contributed by atoms with van der Waals surface area (Å²) >= 11 is 6.25. The summed E-state index contributed by atoms with van der Waals surface area (Å²) in [6.07, 6.45) is 4.55. The van der Waals surface area contributed by atoms with E-state index >= 15 is 0 Å². The first-order valence-corrected chi connectivity index (χ1v) is 11.8. The molecule has 0 aliphatic rings. The molecular weight excluding hydrogens is 462 g/mol. The van der Waals surface area contributed by atoms with Crippen LogP contribution in [0, 0.1) is 13.8 Å². The summed E-state index contributed by atoms with van der Waals surface area (Å²) in [6.45, 7) is 4.23. The van der Waals surface area contributed by atoms with Crippen molar-refractivity contribution in [3.8, 4) is 11.5 Å². The number of methoxy groups -OCH3 is 1. The highest BCUT2D eigenvalue weighted by Crippen LogP contribution is 2.28. The summed E-state index contributed by atoms with van der Waals surface area (Å²) in [5, 5.41) is 6.01. The van der Waals surface area contributed by atoms with E-state index in [0.717, 1.165) is 49.5 Å². The number of rotatable bonds is 9. The monoisotopic (exact) mass is 489 g/mol. The molecule has 4 rings (SSSR count). The van der Waals surface area contributed by atoms with Crippen LogP contribution in [0.2, 0.25) is 5.02 Å². The van der Waals surface area contributed by atoms with E-state index in [4.69, 9.17) is 21.1 Å². The Bertz CT molecular complexity index is 1350. The number of aromatic nitrogens is 1. The molecular formula is C28H28ClN3O3. The number of aromatic amines is 1. The van der Waals surface area contributed by atoms with Crippen LogP contribution in [0.15, 0.2) is 65.9 Å². The van der Waals surface area contributed by atoms with Crippen molar-refractivity contribution in [1.82, 2.24) is 10.4 Å². The van der Waals surface area contributed by atoms with Gasteiger partial charge in [0.15, 0.2) is 0 Å². The molecule has 180 valence electrons. The van der Waals surface area contributed by atoms with Crippen molar-refractivity contribution in [2.75, 3.05) is 7.11 Å². The summed E-state index contributed by atoms with van der Waals surface area (Å²) in [5.74, 6) is 1.32. The highest BCUT2D eigenvalue weighted by molar-refractivity contribution is 6.32. The van der Waals surface area contributed by atoms with Crippen LogP contribution in [-0.2, 0) is 17.8 Å². The lowest BCUT2D eigenvalue weighted by Gasteiger charge is -2.13. The largest absolute Gasteiger partial charge is 0.496 e. The lowest BCUT2D eigenvalue weighted by Crippen LogP contribution is -2.17. The van der Waals surface area contributed by atoms with Gasteiger partial charge in [0.05, 0.1) is 13.3 Å². The summed E-state index contributed by atoms with van der Waals surface area (Å²) < 4.78 is 11.5. The summed E-state index contributed by atoms with van der Waals surface area (Å²) in [7, 11) is 1.62. The number of benzene rings is 3.